The quantitative estimate of drug-likeness (QED) is 0.250. The first-order valence-corrected chi connectivity index (χ1v) is 12.2. The normalized spacial score (nSPS) is 11.7. The largest absolute Gasteiger partial charge is 0.493 e. The molecule has 0 aliphatic rings. The summed E-state index contributed by atoms with van der Waals surface area (Å²) in [4.78, 5) is 23.7. The van der Waals surface area contributed by atoms with Crippen molar-refractivity contribution in [3.05, 3.63) is 82.9 Å². The van der Waals surface area contributed by atoms with Crippen LogP contribution in [0.4, 0.5) is 32.0 Å². The van der Waals surface area contributed by atoms with Gasteiger partial charge in [0.1, 0.15) is 5.75 Å². The number of nitrogens with one attached hydrogen (secondary N) is 1. The van der Waals surface area contributed by atoms with Gasteiger partial charge < -0.3 is 19.9 Å². The Morgan fingerprint density at radius 3 is 2.15 bits per heavy atom. The summed E-state index contributed by atoms with van der Waals surface area (Å²) in [6.07, 6.45) is -9.29. The molecule has 0 saturated carbocycles. The van der Waals surface area contributed by atoms with Gasteiger partial charge in [-0.2, -0.15) is 26.3 Å². The minimum absolute atomic E-state index is 0.0590. The van der Waals surface area contributed by atoms with Crippen molar-refractivity contribution in [1.29, 1.82) is 0 Å². The number of hydrogen-bond acceptors (Lipinski definition) is 5. The van der Waals surface area contributed by atoms with Crippen LogP contribution in [0.25, 0.3) is 0 Å². The van der Waals surface area contributed by atoms with E-state index in [4.69, 9.17) is 14.6 Å². The van der Waals surface area contributed by atoms with Crippen LogP contribution >= 0.6 is 11.8 Å². The number of rotatable bonds is 10. The molecule has 0 radical (unpaired) electrons. The second-order valence-electron chi connectivity index (χ2n) is 8.12. The fourth-order valence-electron chi connectivity index (χ4n) is 3.36. The van der Waals surface area contributed by atoms with Crippen LogP contribution < -0.4 is 14.8 Å². The van der Waals surface area contributed by atoms with Gasteiger partial charge in [-0.3, -0.25) is 9.59 Å². The van der Waals surface area contributed by atoms with Gasteiger partial charge in [0.15, 0.2) is 11.5 Å². The topological polar surface area (TPSA) is 84.9 Å². The third kappa shape index (κ3) is 8.84. The molecular formula is C26H21F6NO5S. The highest BCUT2D eigenvalue weighted by Crippen LogP contribution is 2.37. The lowest BCUT2D eigenvalue weighted by Crippen LogP contribution is -2.13. The maximum Gasteiger partial charge on any atom is 0.416 e. The maximum atomic E-state index is 12.8. The molecule has 0 saturated heterocycles. The van der Waals surface area contributed by atoms with Gasteiger partial charge in [-0.05, 0) is 60.2 Å². The number of hydrogen-bond donors (Lipinski definition) is 2. The van der Waals surface area contributed by atoms with Crippen LogP contribution in [0.5, 0.6) is 17.2 Å². The van der Waals surface area contributed by atoms with Gasteiger partial charge in [0.2, 0.25) is 0 Å². The minimum Gasteiger partial charge on any atom is -0.493 e. The standard InChI is InChI=1S/C26H21F6NO5S/c1-37-21-8-2-15(11-23(34)35)10-22(21)38-20-9-7-19(12-17(20)13-39-14-25(27,28)29)33-24(36)16-3-5-18(6-4-16)26(30,31)32/h2-10,12H,11,13-14H2,1H3,(H,33,36)(H,34,35). The van der Waals surface area contributed by atoms with Crippen LogP contribution in [0.1, 0.15) is 27.0 Å². The zero-order valence-electron chi connectivity index (χ0n) is 20.2. The summed E-state index contributed by atoms with van der Waals surface area (Å²) >= 11 is 0.554. The minimum atomic E-state index is -4.57. The molecule has 0 fully saturated rings. The molecule has 39 heavy (non-hydrogen) atoms. The Labute approximate surface area is 222 Å². The van der Waals surface area contributed by atoms with E-state index in [2.05, 4.69) is 5.32 Å². The summed E-state index contributed by atoms with van der Waals surface area (Å²) in [6, 6.07) is 12.2. The second-order valence-corrected chi connectivity index (χ2v) is 9.10. The van der Waals surface area contributed by atoms with Crippen molar-refractivity contribution in [3.63, 3.8) is 0 Å². The third-order valence-corrected chi connectivity index (χ3v) is 6.17. The number of amides is 1. The van der Waals surface area contributed by atoms with Crippen molar-refractivity contribution in [3.8, 4) is 17.2 Å². The van der Waals surface area contributed by atoms with Crippen molar-refractivity contribution in [2.45, 2.75) is 24.5 Å². The summed E-state index contributed by atoms with van der Waals surface area (Å²) in [7, 11) is 1.36. The molecule has 0 heterocycles. The molecule has 3 aromatic rings. The van der Waals surface area contributed by atoms with Crippen molar-refractivity contribution >= 4 is 29.3 Å². The van der Waals surface area contributed by atoms with Gasteiger partial charge in [-0.1, -0.05) is 6.07 Å². The number of halogens is 6. The number of ether oxygens (including phenoxy) is 2. The number of carbonyl (C=O) groups is 2. The first-order chi connectivity index (χ1) is 18.2. The number of carbonyl (C=O) groups excluding carboxylic acids is 1. The van der Waals surface area contributed by atoms with E-state index >= 15 is 0 Å². The number of benzene rings is 3. The highest BCUT2D eigenvalue weighted by Gasteiger charge is 2.30. The van der Waals surface area contributed by atoms with E-state index in [9.17, 15) is 35.9 Å². The summed E-state index contributed by atoms with van der Waals surface area (Å²) in [6.45, 7) is 0. The Morgan fingerprint density at radius 1 is 0.897 bits per heavy atom. The molecule has 0 aromatic heterocycles. The van der Waals surface area contributed by atoms with E-state index in [-0.39, 0.29) is 46.2 Å². The highest BCUT2D eigenvalue weighted by molar-refractivity contribution is 7.98. The summed E-state index contributed by atoms with van der Waals surface area (Å²) in [5.74, 6) is -2.62. The van der Waals surface area contributed by atoms with Gasteiger partial charge in [0.25, 0.3) is 5.91 Å². The fourth-order valence-corrected chi connectivity index (χ4v) is 4.14. The number of anilines is 1. The molecule has 3 aromatic carbocycles. The molecule has 6 nitrogen and oxygen atoms in total. The van der Waals surface area contributed by atoms with E-state index in [1.165, 1.54) is 43.5 Å². The van der Waals surface area contributed by atoms with E-state index in [1.54, 1.807) is 0 Å². The molecule has 0 spiro atoms. The van der Waals surface area contributed by atoms with Crippen LogP contribution in [0.3, 0.4) is 0 Å². The predicted molar refractivity (Wildman–Crippen MR) is 132 cm³/mol. The van der Waals surface area contributed by atoms with Crippen LogP contribution in [-0.4, -0.2) is 36.0 Å². The van der Waals surface area contributed by atoms with Gasteiger partial charge in [0, 0.05) is 22.6 Å². The highest BCUT2D eigenvalue weighted by atomic mass is 32.2. The first-order valence-electron chi connectivity index (χ1n) is 11.1. The molecule has 0 aliphatic carbocycles. The molecule has 13 heteroatoms. The number of aliphatic carboxylic acids is 1. The molecule has 3 rings (SSSR count). The lowest BCUT2D eigenvalue weighted by Gasteiger charge is -2.16. The SMILES string of the molecule is COc1ccc(CC(=O)O)cc1Oc1ccc(NC(=O)c2ccc(C(F)(F)F)cc2)cc1CSCC(F)(F)F. The second kappa shape index (κ2) is 12.3. The average molecular weight is 574 g/mol. The van der Waals surface area contributed by atoms with Crippen molar-refractivity contribution < 1.29 is 50.5 Å². The number of methoxy groups -OCH3 is 1. The number of thioether (sulfide) groups is 1. The number of alkyl halides is 6. The Hall–Kier alpha value is -3.87. The molecule has 0 bridgehead atoms. The Morgan fingerprint density at radius 2 is 1.56 bits per heavy atom. The third-order valence-electron chi connectivity index (χ3n) is 5.12. The smallest absolute Gasteiger partial charge is 0.416 e. The van der Waals surface area contributed by atoms with Crippen LogP contribution in [0, 0.1) is 0 Å². The van der Waals surface area contributed by atoms with E-state index in [1.807, 2.05) is 0 Å². The van der Waals surface area contributed by atoms with Crippen LogP contribution in [-0.2, 0) is 23.1 Å². The van der Waals surface area contributed by atoms with E-state index in [0.29, 0.717) is 17.3 Å². The van der Waals surface area contributed by atoms with Crippen molar-refractivity contribution in [1.82, 2.24) is 0 Å². The van der Waals surface area contributed by atoms with Crippen LogP contribution in [0.2, 0.25) is 0 Å². The number of carboxylic acids is 1. The average Bonchev–Trinajstić information content (AvgIpc) is 2.84. The first kappa shape index (κ1) is 29.7. The monoisotopic (exact) mass is 573 g/mol. The Bertz CT molecular complexity index is 1330. The summed E-state index contributed by atoms with van der Waals surface area (Å²) < 4.78 is 87.8. The summed E-state index contributed by atoms with van der Waals surface area (Å²) in [5.41, 5.74) is -0.156. The Balaban J connectivity index is 1.88. The zero-order valence-corrected chi connectivity index (χ0v) is 21.0. The van der Waals surface area contributed by atoms with Crippen molar-refractivity contribution in [2.24, 2.45) is 0 Å². The zero-order chi connectivity index (χ0) is 28.8. The maximum absolute atomic E-state index is 12.8. The van der Waals surface area contributed by atoms with Crippen molar-refractivity contribution in [2.75, 3.05) is 18.2 Å². The molecule has 2 N–H and O–H groups in total. The molecule has 208 valence electrons. The lowest BCUT2D eigenvalue weighted by molar-refractivity contribution is -0.138. The van der Waals surface area contributed by atoms with Gasteiger partial charge >= 0.3 is 18.3 Å². The summed E-state index contributed by atoms with van der Waals surface area (Å²) in [5, 5.41) is 11.6. The molecule has 1 amide bonds. The van der Waals surface area contributed by atoms with Gasteiger partial charge in [-0.25, -0.2) is 0 Å². The van der Waals surface area contributed by atoms with E-state index < -0.39 is 35.5 Å². The van der Waals surface area contributed by atoms with Gasteiger partial charge in [0.05, 0.1) is 24.8 Å². The Kier molecular flexibility index (Phi) is 9.38. The number of carboxylic acid groups (broad SMARTS) is 1. The van der Waals surface area contributed by atoms with Gasteiger partial charge in [-0.15, -0.1) is 11.8 Å². The molecule has 0 unspecified atom stereocenters. The predicted octanol–water partition coefficient (Wildman–Crippen LogP) is 7.18. The fraction of sp³-hybridized carbons (Fsp3) is 0.231. The lowest BCUT2D eigenvalue weighted by atomic mass is 10.1. The molecule has 0 aliphatic heterocycles. The van der Waals surface area contributed by atoms with E-state index in [0.717, 1.165) is 24.3 Å². The molecule has 0 atom stereocenters. The molecular weight excluding hydrogens is 552 g/mol. The van der Waals surface area contributed by atoms with Crippen LogP contribution in [0.15, 0.2) is 60.7 Å².